The van der Waals surface area contributed by atoms with Crippen molar-refractivity contribution in [2.45, 2.75) is 6.92 Å². The molecule has 1 rings (SSSR count). The number of rotatable bonds is 5. The van der Waals surface area contributed by atoms with Gasteiger partial charge in [-0.2, -0.15) is 0 Å². The summed E-state index contributed by atoms with van der Waals surface area (Å²) in [6, 6.07) is 2.18. The minimum Gasteiger partial charge on any atom is -0.478 e. The third-order valence-electron chi connectivity index (χ3n) is 2.24. The highest BCUT2D eigenvalue weighted by Crippen LogP contribution is 2.16. The molecule has 1 aromatic carbocycles. The SMILES string of the molecule is CCNC(=O)CNC(=O)Nc1ccc(F)cc1C(=O)O. The molecule has 0 saturated carbocycles. The molecular weight excluding hydrogens is 269 g/mol. The van der Waals surface area contributed by atoms with Gasteiger partial charge in [-0.1, -0.05) is 0 Å². The number of carbonyl (C=O) groups is 3. The van der Waals surface area contributed by atoms with Crippen LogP contribution in [0.4, 0.5) is 14.9 Å². The van der Waals surface area contributed by atoms with Gasteiger partial charge in [-0.25, -0.2) is 14.0 Å². The Balaban J connectivity index is 2.66. The van der Waals surface area contributed by atoms with E-state index < -0.39 is 17.8 Å². The highest BCUT2D eigenvalue weighted by molar-refractivity contribution is 6.00. The van der Waals surface area contributed by atoms with Crippen LogP contribution in [0.15, 0.2) is 18.2 Å². The fourth-order valence-corrected chi connectivity index (χ4v) is 1.39. The van der Waals surface area contributed by atoms with Gasteiger partial charge in [-0.05, 0) is 25.1 Å². The number of likely N-dealkylation sites (N-methyl/N-ethyl adjacent to an activating group) is 1. The highest BCUT2D eigenvalue weighted by Gasteiger charge is 2.13. The Kier molecular flexibility index (Phi) is 5.45. The second kappa shape index (κ2) is 7.07. The predicted molar refractivity (Wildman–Crippen MR) is 69.1 cm³/mol. The van der Waals surface area contributed by atoms with E-state index >= 15 is 0 Å². The number of urea groups is 1. The first-order chi connectivity index (χ1) is 9.43. The fourth-order valence-electron chi connectivity index (χ4n) is 1.39. The maximum absolute atomic E-state index is 12.9. The van der Waals surface area contributed by atoms with Crippen LogP contribution in [-0.2, 0) is 4.79 Å². The number of hydrogen-bond acceptors (Lipinski definition) is 3. The number of carboxylic acids is 1. The van der Waals surface area contributed by atoms with Crippen LogP contribution in [0.5, 0.6) is 0 Å². The molecule has 108 valence electrons. The second-order valence-electron chi connectivity index (χ2n) is 3.76. The zero-order chi connectivity index (χ0) is 15.1. The van der Waals surface area contributed by atoms with Gasteiger partial charge in [0.1, 0.15) is 5.82 Å². The van der Waals surface area contributed by atoms with Crippen LogP contribution >= 0.6 is 0 Å². The van der Waals surface area contributed by atoms with Crippen molar-refractivity contribution in [3.8, 4) is 0 Å². The summed E-state index contributed by atoms with van der Waals surface area (Å²) >= 11 is 0. The summed E-state index contributed by atoms with van der Waals surface area (Å²) in [6.45, 7) is 1.92. The second-order valence-corrected chi connectivity index (χ2v) is 3.76. The zero-order valence-corrected chi connectivity index (χ0v) is 10.7. The average Bonchev–Trinajstić information content (AvgIpc) is 2.38. The van der Waals surface area contributed by atoms with E-state index in [9.17, 15) is 18.8 Å². The van der Waals surface area contributed by atoms with E-state index in [-0.39, 0.29) is 23.7 Å². The van der Waals surface area contributed by atoms with E-state index in [0.717, 1.165) is 18.2 Å². The number of carbonyl (C=O) groups excluding carboxylic acids is 2. The molecule has 0 aliphatic carbocycles. The lowest BCUT2D eigenvalue weighted by atomic mass is 10.2. The molecule has 0 atom stereocenters. The Morgan fingerprint density at radius 3 is 2.55 bits per heavy atom. The molecule has 3 amide bonds. The number of anilines is 1. The van der Waals surface area contributed by atoms with E-state index in [1.807, 2.05) is 0 Å². The van der Waals surface area contributed by atoms with Gasteiger partial charge in [0.25, 0.3) is 0 Å². The molecule has 0 bridgehead atoms. The van der Waals surface area contributed by atoms with Crippen molar-refractivity contribution >= 4 is 23.6 Å². The molecule has 0 aromatic heterocycles. The van der Waals surface area contributed by atoms with Crippen LogP contribution in [-0.4, -0.2) is 36.1 Å². The Morgan fingerprint density at radius 2 is 1.95 bits per heavy atom. The van der Waals surface area contributed by atoms with Crippen LogP contribution in [0.1, 0.15) is 17.3 Å². The summed E-state index contributed by atoms with van der Waals surface area (Å²) in [7, 11) is 0. The first-order valence-corrected chi connectivity index (χ1v) is 5.78. The molecule has 0 radical (unpaired) electrons. The number of aromatic carboxylic acids is 1. The van der Waals surface area contributed by atoms with E-state index in [0.29, 0.717) is 6.54 Å². The summed E-state index contributed by atoms with van der Waals surface area (Å²) in [5.41, 5.74) is -0.439. The third-order valence-corrected chi connectivity index (χ3v) is 2.24. The van der Waals surface area contributed by atoms with Crippen molar-refractivity contribution in [2.24, 2.45) is 0 Å². The quantitative estimate of drug-likeness (QED) is 0.640. The maximum atomic E-state index is 12.9. The molecule has 0 saturated heterocycles. The summed E-state index contributed by atoms with van der Waals surface area (Å²) in [6.07, 6.45) is 0. The lowest BCUT2D eigenvalue weighted by Gasteiger charge is -2.09. The lowest BCUT2D eigenvalue weighted by molar-refractivity contribution is -0.119. The molecule has 0 aliphatic rings. The molecule has 0 aliphatic heterocycles. The molecule has 1 aromatic rings. The Hall–Kier alpha value is -2.64. The fraction of sp³-hybridized carbons (Fsp3) is 0.250. The average molecular weight is 283 g/mol. The maximum Gasteiger partial charge on any atom is 0.337 e. The normalized spacial score (nSPS) is 9.70. The van der Waals surface area contributed by atoms with Gasteiger partial charge in [0, 0.05) is 6.54 Å². The molecule has 0 spiro atoms. The largest absolute Gasteiger partial charge is 0.478 e. The number of amides is 3. The molecule has 4 N–H and O–H groups in total. The summed E-state index contributed by atoms with van der Waals surface area (Å²) in [4.78, 5) is 33.5. The summed E-state index contributed by atoms with van der Waals surface area (Å²) in [5.74, 6) is -2.47. The van der Waals surface area contributed by atoms with Crippen LogP contribution in [0.2, 0.25) is 0 Å². The van der Waals surface area contributed by atoms with Crippen molar-refractivity contribution in [1.82, 2.24) is 10.6 Å². The monoisotopic (exact) mass is 283 g/mol. The minimum atomic E-state index is -1.37. The Labute approximate surface area is 114 Å². The first kappa shape index (κ1) is 15.4. The van der Waals surface area contributed by atoms with Crippen molar-refractivity contribution in [1.29, 1.82) is 0 Å². The van der Waals surface area contributed by atoms with Crippen LogP contribution < -0.4 is 16.0 Å². The van der Waals surface area contributed by atoms with Gasteiger partial charge in [0.2, 0.25) is 5.91 Å². The molecule has 8 heteroatoms. The number of halogens is 1. The van der Waals surface area contributed by atoms with Gasteiger partial charge >= 0.3 is 12.0 Å². The molecule has 0 heterocycles. The minimum absolute atomic E-state index is 0.0627. The summed E-state index contributed by atoms with van der Waals surface area (Å²) < 4.78 is 12.9. The lowest BCUT2D eigenvalue weighted by Crippen LogP contribution is -2.39. The van der Waals surface area contributed by atoms with Crippen LogP contribution in [0.25, 0.3) is 0 Å². The third kappa shape index (κ3) is 4.56. The zero-order valence-electron chi connectivity index (χ0n) is 10.7. The highest BCUT2D eigenvalue weighted by atomic mass is 19.1. The van der Waals surface area contributed by atoms with Crippen molar-refractivity contribution in [2.75, 3.05) is 18.4 Å². The van der Waals surface area contributed by atoms with Gasteiger partial charge < -0.3 is 21.1 Å². The van der Waals surface area contributed by atoms with E-state index in [4.69, 9.17) is 5.11 Å². The van der Waals surface area contributed by atoms with Crippen LogP contribution in [0.3, 0.4) is 0 Å². The number of benzene rings is 1. The Morgan fingerprint density at radius 1 is 1.25 bits per heavy atom. The van der Waals surface area contributed by atoms with E-state index in [1.54, 1.807) is 6.92 Å². The standard InChI is InChI=1S/C12H14FN3O4/c1-2-14-10(17)6-15-12(20)16-9-4-3-7(13)5-8(9)11(18)19/h3-5H,2,6H2,1H3,(H,14,17)(H,18,19)(H2,15,16,20). The van der Waals surface area contributed by atoms with Gasteiger partial charge in [0.05, 0.1) is 17.8 Å². The number of hydrogen-bond donors (Lipinski definition) is 4. The van der Waals surface area contributed by atoms with E-state index in [2.05, 4.69) is 16.0 Å². The Bertz CT molecular complexity index is 533. The molecule has 20 heavy (non-hydrogen) atoms. The molecule has 0 fully saturated rings. The van der Waals surface area contributed by atoms with Gasteiger partial charge in [0.15, 0.2) is 0 Å². The summed E-state index contributed by atoms with van der Waals surface area (Å²) in [5, 5.41) is 15.9. The van der Waals surface area contributed by atoms with Crippen molar-refractivity contribution in [3.63, 3.8) is 0 Å². The number of carboxylic acid groups (broad SMARTS) is 1. The van der Waals surface area contributed by atoms with E-state index in [1.165, 1.54) is 0 Å². The van der Waals surface area contributed by atoms with Crippen molar-refractivity contribution < 1.29 is 23.9 Å². The van der Waals surface area contributed by atoms with Crippen molar-refractivity contribution in [3.05, 3.63) is 29.6 Å². The van der Waals surface area contributed by atoms with Gasteiger partial charge in [-0.15, -0.1) is 0 Å². The molecule has 7 nitrogen and oxygen atoms in total. The van der Waals surface area contributed by atoms with Crippen LogP contribution in [0, 0.1) is 5.82 Å². The smallest absolute Gasteiger partial charge is 0.337 e. The predicted octanol–water partition coefficient (Wildman–Crippen LogP) is 0.781. The molecular formula is C12H14FN3O4. The number of nitrogens with one attached hydrogen (secondary N) is 3. The first-order valence-electron chi connectivity index (χ1n) is 5.78. The topological polar surface area (TPSA) is 108 Å². The molecule has 0 unspecified atom stereocenters. The van der Waals surface area contributed by atoms with Gasteiger partial charge in [-0.3, -0.25) is 4.79 Å².